The van der Waals surface area contributed by atoms with Gasteiger partial charge in [0.15, 0.2) is 0 Å². The van der Waals surface area contributed by atoms with E-state index in [4.69, 9.17) is 5.73 Å². The van der Waals surface area contributed by atoms with Crippen LogP contribution >= 0.6 is 11.8 Å². The third kappa shape index (κ3) is 3.44. The van der Waals surface area contributed by atoms with E-state index >= 15 is 0 Å². The highest BCUT2D eigenvalue weighted by atomic mass is 32.2. The van der Waals surface area contributed by atoms with Gasteiger partial charge in [-0.3, -0.25) is 19.3 Å². The van der Waals surface area contributed by atoms with Gasteiger partial charge in [-0.15, -0.1) is 0 Å². The molecule has 7 heteroatoms. The number of imide groups is 1. The van der Waals surface area contributed by atoms with Gasteiger partial charge in [0.25, 0.3) is 11.1 Å². The highest BCUT2D eigenvalue weighted by molar-refractivity contribution is 8.18. The van der Waals surface area contributed by atoms with E-state index in [-0.39, 0.29) is 24.2 Å². The van der Waals surface area contributed by atoms with E-state index in [0.29, 0.717) is 4.91 Å². The zero-order chi connectivity index (χ0) is 19.7. The molecular weight excluding hydrogens is 374 g/mol. The molecule has 28 heavy (non-hydrogen) atoms. The van der Waals surface area contributed by atoms with Gasteiger partial charge < -0.3 is 10.3 Å². The fourth-order valence-electron chi connectivity index (χ4n) is 3.23. The molecule has 0 saturated carbocycles. The molecule has 4 rings (SSSR count). The fraction of sp³-hybridized carbons (Fsp3) is 0.0952. The highest BCUT2D eigenvalue weighted by Crippen LogP contribution is 2.35. The number of carbonyl (C=O) groups excluding carboxylic acids is 3. The SMILES string of the molecule is NC(=O)Cn1cc(/C=C2\SC(=O)N(Cc3ccccc3)C2=O)c2ccccc21. The molecule has 1 aliphatic rings. The van der Waals surface area contributed by atoms with Crippen LogP contribution in [0.4, 0.5) is 4.79 Å². The molecule has 1 saturated heterocycles. The van der Waals surface area contributed by atoms with Crippen LogP contribution in [-0.2, 0) is 22.7 Å². The molecule has 0 radical (unpaired) electrons. The van der Waals surface area contributed by atoms with Crippen molar-refractivity contribution in [2.45, 2.75) is 13.1 Å². The van der Waals surface area contributed by atoms with Gasteiger partial charge in [-0.25, -0.2) is 0 Å². The maximum Gasteiger partial charge on any atom is 0.293 e. The Labute approximate surface area is 165 Å². The van der Waals surface area contributed by atoms with Crippen LogP contribution in [0.5, 0.6) is 0 Å². The summed E-state index contributed by atoms with van der Waals surface area (Å²) in [6, 6.07) is 16.9. The number of rotatable bonds is 5. The van der Waals surface area contributed by atoms with Gasteiger partial charge in [0.1, 0.15) is 6.54 Å². The third-order valence-corrected chi connectivity index (χ3v) is 5.40. The van der Waals surface area contributed by atoms with E-state index in [9.17, 15) is 14.4 Å². The van der Waals surface area contributed by atoms with E-state index in [2.05, 4.69) is 0 Å². The molecule has 3 amide bonds. The normalized spacial score (nSPS) is 15.7. The average molecular weight is 391 g/mol. The summed E-state index contributed by atoms with van der Waals surface area (Å²) >= 11 is 0.925. The standard InChI is InChI=1S/C21H17N3O3S/c22-19(25)13-23-12-15(16-8-4-5-9-17(16)23)10-18-20(26)24(21(27)28-18)11-14-6-2-1-3-7-14/h1-10,12H,11,13H2,(H2,22,25)/b18-10-. The van der Waals surface area contributed by atoms with Crippen molar-refractivity contribution in [2.75, 3.05) is 0 Å². The lowest BCUT2D eigenvalue weighted by atomic mass is 10.1. The van der Waals surface area contributed by atoms with E-state index in [1.165, 1.54) is 4.90 Å². The van der Waals surface area contributed by atoms with E-state index in [0.717, 1.165) is 33.8 Å². The van der Waals surface area contributed by atoms with Crippen molar-refractivity contribution in [3.8, 4) is 0 Å². The molecule has 1 aliphatic heterocycles. The minimum absolute atomic E-state index is 0.0455. The quantitative estimate of drug-likeness (QED) is 0.676. The topological polar surface area (TPSA) is 85.4 Å². The second kappa shape index (κ2) is 7.36. The fourth-order valence-corrected chi connectivity index (χ4v) is 4.06. The summed E-state index contributed by atoms with van der Waals surface area (Å²) < 4.78 is 1.75. The van der Waals surface area contributed by atoms with E-state index in [1.54, 1.807) is 16.8 Å². The van der Waals surface area contributed by atoms with Crippen LogP contribution in [0, 0.1) is 0 Å². The first-order valence-electron chi connectivity index (χ1n) is 8.68. The van der Waals surface area contributed by atoms with Gasteiger partial charge in [0, 0.05) is 22.7 Å². The lowest BCUT2D eigenvalue weighted by Gasteiger charge is -2.12. The van der Waals surface area contributed by atoms with Crippen LogP contribution in [0.15, 0.2) is 65.7 Å². The number of para-hydroxylation sites is 1. The van der Waals surface area contributed by atoms with Crippen molar-refractivity contribution >= 4 is 45.8 Å². The second-order valence-electron chi connectivity index (χ2n) is 6.45. The lowest BCUT2D eigenvalue weighted by molar-refractivity contribution is -0.123. The number of benzene rings is 2. The second-order valence-corrected chi connectivity index (χ2v) is 7.44. The summed E-state index contributed by atoms with van der Waals surface area (Å²) in [5, 5.41) is 0.597. The summed E-state index contributed by atoms with van der Waals surface area (Å²) in [6.07, 6.45) is 3.48. The monoisotopic (exact) mass is 391 g/mol. The lowest BCUT2D eigenvalue weighted by Crippen LogP contribution is -2.27. The molecule has 0 atom stereocenters. The van der Waals surface area contributed by atoms with Crippen LogP contribution in [0.2, 0.25) is 0 Å². The Balaban J connectivity index is 1.67. The maximum atomic E-state index is 12.8. The first-order valence-corrected chi connectivity index (χ1v) is 9.50. The molecule has 0 bridgehead atoms. The molecule has 0 spiro atoms. The summed E-state index contributed by atoms with van der Waals surface area (Å²) in [7, 11) is 0. The van der Waals surface area contributed by atoms with Gasteiger partial charge in [0.2, 0.25) is 5.91 Å². The molecular formula is C21H17N3O3S. The first-order chi connectivity index (χ1) is 13.5. The summed E-state index contributed by atoms with van der Waals surface area (Å²) in [4.78, 5) is 38.1. The van der Waals surface area contributed by atoms with Crippen LogP contribution in [-0.4, -0.2) is 26.5 Å². The number of aromatic nitrogens is 1. The van der Waals surface area contributed by atoms with Crippen LogP contribution < -0.4 is 5.73 Å². The number of amides is 3. The van der Waals surface area contributed by atoms with Gasteiger partial charge in [-0.2, -0.15) is 0 Å². The minimum atomic E-state index is -0.449. The smallest absolute Gasteiger partial charge is 0.293 e. The first kappa shape index (κ1) is 18.1. The number of primary amides is 1. The average Bonchev–Trinajstić information content (AvgIpc) is 3.15. The van der Waals surface area contributed by atoms with Crippen molar-refractivity contribution < 1.29 is 14.4 Å². The number of hydrogen-bond donors (Lipinski definition) is 1. The number of hydrogen-bond acceptors (Lipinski definition) is 4. The number of fused-ring (bicyclic) bond motifs is 1. The molecule has 140 valence electrons. The molecule has 1 aromatic heterocycles. The third-order valence-electron chi connectivity index (χ3n) is 4.49. The van der Waals surface area contributed by atoms with E-state index in [1.807, 2.05) is 54.6 Å². The van der Waals surface area contributed by atoms with Gasteiger partial charge in [-0.05, 0) is 29.5 Å². The van der Waals surface area contributed by atoms with Gasteiger partial charge in [0.05, 0.1) is 11.4 Å². The molecule has 2 aromatic carbocycles. The Morgan fingerprint density at radius 2 is 1.75 bits per heavy atom. The number of nitrogens with two attached hydrogens (primary N) is 1. The molecule has 6 nitrogen and oxygen atoms in total. The Morgan fingerprint density at radius 1 is 1.04 bits per heavy atom. The van der Waals surface area contributed by atoms with Crippen molar-refractivity contribution in [1.82, 2.24) is 9.47 Å². The zero-order valence-corrected chi connectivity index (χ0v) is 15.7. The van der Waals surface area contributed by atoms with Crippen molar-refractivity contribution in [3.63, 3.8) is 0 Å². The molecule has 0 aliphatic carbocycles. The van der Waals surface area contributed by atoms with Crippen molar-refractivity contribution in [2.24, 2.45) is 5.73 Å². The Bertz CT molecular complexity index is 1120. The predicted molar refractivity (Wildman–Crippen MR) is 109 cm³/mol. The Hall–Kier alpha value is -3.32. The van der Waals surface area contributed by atoms with Crippen LogP contribution in [0.25, 0.3) is 17.0 Å². The molecule has 0 unspecified atom stereocenters. The van der Waals surface area contributed by atoms with Gasteiger partial charge in [-0.1, -0.05) is 48.5 Å². The highest BCUT2D eigenvalue weighted by Gasteiger charge is 2.35. The van der Waals surface area contributed by atoms with E-state index < -0.39 is 5.91 Å². The zero-order valence-electron chi connectivity index (χ0n) is 14.9. The molecule has 2 heterocycles. The number of carbonyl (C=O) groups is 3. The predicted octanol–water partition coefficient (Wildman–Crippen LogP) is 3.36. The molecule has 1 fully saturated rings. The van der Waals surface area contributed by atoms with Crippen molar-refractivity contribution in [3.05, 3.63) is 76.8 Å². The summed E-state index contributed by atoms with van der Waals surface area (Å²) in [5.74, 6) is -0.763. The molecule has 2 N–H and O–H groups in total. The van der Waals surface area contributed by atoms with Crippen LogP contribution in [0.3, 0.4) is 0 Å². The van der Waals surface area contributed by atoms with Crippen LogP contribution in [0.1, 0.15) is 11.1 Å². The minimum Gasteiger partial charge on any atom is -0.368 e. The van der Waals surface area contributed by atoms with Gasteiger partial charge >= 0.3 is 0 Å². The number of nitrogens with zero attached hydrogens (tertiary/aromatic N) is 2. The molecule has 3 aromatic rings. The summed E-state index contributed by atoms with van der Waals surface area (Å²) in [6.45, 7) is 0.288. The Morgan fingerprint density at radius 3 is 2.50 bits per heavy atom. The number of thioether (sulfide) groups is 1. The largest absolute Gasteiger partial charge is 0.368 e. The maximum absolute atomic E-state index is 12.8. The summed E-state index contributed by atoms with van der Waals surface area (Å²) in [5.41, 5.74) is 7.84. The van der Waals surface area contributed by atoms with Crippen molar-refractivity contribution in [1.29, 1.82) is 0 Å². The Kier molecular flexibility index (Phi) is 4.75.